The van der Waals surface area contributed by atoms with Gasteiger partial charge in [-0.1, -0.05) is 30.9 Å². The van der Waals surface area contributed by atoms with E-state index in [1.54, 1.807) is 25.1 Å². The summed E-state index contributed by atoms with van der Waals surface area (Å²) in [6, 6.07) is 5.87. The fourth-order valence-electron chi connectivity index (χ4n) is 3.81. The lowest BCUT2D eigenvalue weighted by Crippen LogP contribution is -2.50. The van der Waals surface area contributed by atoms with Gasteiger partial charge in [-0.05, 0) is 38.8 Å². The highest BCUT2D eigenvalue weighted by molar-refractivity contribution is 6.22. The van der Waals surface area contributed by atoms with E-state index in [2.05, 4.69) is 11.4 Å². The molecule has 0 spiro atoms. The number of imide groups is 1. The average Bonchev–Trinajstić information content (AvgIpc) is 2.96. The van der Waals surface area contributed by atoms with Gasteiger partial charge in [0.1, 0.15) is 11.6 Å². The van der Waals surface area contributed by atoms with E-state index in [0.29, 0.717) is 12.8 Å². The van der Waals surface area contributed by atoms with E-state index in [0.717, 1.165) is 29.7 Å². The summed E-state index contributed by atoms with van der Waals surface area (Å²) in [5.74, 6) is -2.56. The van der Waals surface area contributed by atoms with E-state index < -0.39 is 41.9 Å². The van der Waals surface area contributed by atoms with Crippen molar-refractivity contribution in [2.45, 2.75) is 57.5 Å². The lowest BCUT2D eigenvalue weighted by molar-refractivity contribution is -0.152. The Morgan fingerprint density at radius 3 is 2.52 bits per heavy atom. The Morgan fingerprint density at radius 1 is 1.21 bits per heavy atom. The number of aryl methyl sites for hydroxylation is 1. The van der Waals surface area contributed by atoms with E-state index in [4.69, 9.17) is 4.74 Å². The molecule has 1 aliphatic carbocycles. The first kappa shape index (κ1) is 20.5. The second-order valence-electron chi connectivity index (χ2n) is 7.62. The standard InChI is InChI=1S/C21H23N3O5/c1-13-6-7-15-16(10-13)19(27)24(18(15)26)14(2)20(28)29-11-17(25)23-21(12-22)8-4-3-5-9-21/h6-7,10,14H,3-5,8-9,11H2,1-2H3,(H,23,25). The van der Waals surface area contributed by atoms with Crippen LogP contribution in [0.2, 0.25) is 0 Å². The molecule has 29 heavy (non-hydrogen) atoms. The minimum atomic E-state index is -1.17. The molecule has 1 N–H and O–H groups in total. The summed E-state index contributed by atoms with van der Waals surface area (Å²) in [4.78, 5) is 50.5. The highest BCUT2D eigenvalue weighted by Crippen LogP contribution is 2.28. The number of benzene rings is 1. The maximum Gasteiger partial charge on any atom is 0.329 e. The number of ether oxygens (including phenoxy) is 1. The fraction of sp³-hybridized carbons (Fsp3) is 0.476. The third-order valence-electron chi connectivity index (χ3n) is 5.45. The van der Waals surface area contributed by atoms with Crippen LogP contribution in [0, 0.1) is 18.3 Å². The molecule has 1 aliphatic heterocycles. The van der Waals surface area contributed by atoms with Gasteiger partial charge in [-0.3, -0.25) is 19.3 Å². The molecule has 0 saturated heterocycles. The van der Waals surface area contributed by atoms with Gasteiger partial charge in [-0.2, -0.15) is 5.26 Å². The van der Waals surface area contributed by atoms with Crippen molar-refractivity contribution in [3.05, 3.63) is 34.9 Å². The summed E-state index contributed by atoms with van der Waals surface area (Å²) >= 11 is 0. The van der Waals surface area contributed by atoms with Crippen LogP contribution in [0.5, 0.6) is 0 Å². The zero-order chi connectivity index (χ0) is 21.2. The molecule has 1 saturated carbocycles. The lowest BCUT2D eigenvalue weighted by Gasteiger charge is -2.31. The summed E-state index contributed by atoms with van der Waals surface area (Å²) in [5, 5.41) is 12.1. The first-order valence-corrected chi connectivity index (χ1v) is 9.65. The van der Waals surface area contributed by atoms with Gasteiger partial charge in [0.15, 0.2) is 6.61 Å². The van der Waals surface area contributed by atoms with Gasteiger partial charge in [0.25, 0.3) is 17.7 Å². The molecule has 1 unspecified atom stereocenters. The molecule has 2 aliphatic rings. The molecule has 152 valence electrons. The highest BCUT2D eigenvalue weighted by Gasteiger charge is 2.41. The molecule has 8 nitrogen and oxygen atoms in total. The predicted molar refractivity (Wildman–Crippen MR) is 102 cm³/mol. The first-order valence-electron chi connectivity index (χ1n) is 9.65. The predicted octanol–water partition coefficient (Wildman–Crippen LogP) is 1.87. The van der Waals surface area contributed by atoms with Crippen LogP contribution in [-0.2, 0) is 14.3 Å². The SMILES string of the molecule is Cc1ccc2c(c1)C(=O)N(C(C)C(=O)OCC(=O)NC1(C#N)CCCCC1)C2=O. The van der Waals surface area contributed by atoms with Gasteiger partial charge >= 0.3 is 5.97 Å². The first-order chi connectivity index (χ1) is 13.8. The summed E-state index contributed by atoms with van der Waals surface area (Å²) in [6.07, 6.45) is 3.85. The van der Waals surface area contributed by atoms with E-state index >= 15 is 0 Å². The maximum atomic E-state index is 12.6. The third kappa shape index (κ3) is 3.99. The number of hydrogen-bond donors (Lipinski definition) is 1. The topological polar surface area (TPSA) is 117 Å². The number of nitrogens with one attached hydrogen (secondary N) is 1. The fourth-order valence-corrected chi connectivity index (χ4v) is 3.81. The smallest absolute Gasteiger partial charge is 0.329 e. The van der Waals surface area contributed by atoms with Gasteiger partial charge in [-0.25, -0.2) is 4.79 Å². The Morgan fingerprint density at radius 2 is 1.86 bits per heavy atom. The number of carbonyl (C=O) groups is 4. The van der Waals surface area contributed by atoms with Crippen molar-refractivity contribution < 1.29 is 23.9 Å². The largest absolute Gasteiger partial charge is 0.454 e. The van der Waals surface area contributed by atoms with Gasteiger partial charge in [-0.15, -0.1) is 0 Å². The molecule has 3 amide bonds. The quantitative estimate of drug-likeness (QED) is 0.599. The molecule has 1 fully saturated rings. The lowest BCUT2D eigenvalue weighted by atomic mass is 9.83. The number of fused-ring (bicyclic) bond motifs is 1. The Labute approximate surface area is 168 Å². The monoisotopic (exact) mass is 397 g/mol. The molecular formula is C21H23N3O5. The second-order valence-corrected chi connectivity index (χ2v) is 7.62. The molecule has 0 radical (unpaired) electrons. The number of rotatable bonds is 5. The molecule has 0 aromatic heterocycles. The minimum Gasteiger partial charge on any atom is -0.454 e. The Kier molecular flexibility index (Phi) is 5.69. The third-order valence-corrected chi connectivity index (χ3v) is 5.45. The van der Waals surface area contributed by atoms with Gasteiger partial charge in [0.2, 0.25) is 0 Å². The molecule has 1 aromatic carbocycles. The number of carbonyl (C=O) groups excluding carboxylic acids is 4. The number of esters is 1. The van der Waals surface area contributed by atoms with Crippen molar-refractivity contribution in [3.63, 3.8) is 0 Å². The van der Waals surface area contributed by atoms with Crippen LogP contribution in [-0.4, -0.2) is 46.8 Å². The summed E-state index contributed by atoms with van der Waals surface area (Å²) < 4.78 is 5.02. The molecular weight excluding hydrogens is 374 g/mol. The Hall–Kier alpha value is -3.21. The molecule has 3 rings (SSSR count). The number of nitrogens with zero attached hydrogens (tertiary/aromatic N) is 2. The van der Waals surface area contributed by atoms with Crippen molar-refractivity contribution in [2.24, 2.45) is 0 Å². The van der Waals surface area contributed by atoms with Crippen molar-refractivity contribution in [1.29, 1.82) is 5.26 Å². The van der Waals surface area contributed by atoms with Crippen LogP contribution in [0.15, 0.2) is 18.2 Å². The van der Waals surface area contributed by atoms with Crippen molar-refractivity contribution in [2.75, 3.05) is 6.61 Å². The van der Waals surface area contributed by atoms with Crippen LogP contribution < -0.4 is 5.32 Å². The maximum absolute atomic E-state index is 12.6. The van der Waals surface area contributed by atoms with Crippen LogP contribution in [0.25, 0.3) is 0 Å². The van der Waals surface area contributed by atoms with Crippen molar-refractivity contribution in [3.8, 4) is 6.07 Å². The number of amides is 3. The Bertz CT molecular complexity index is 911. The average molecular weight is 397 g/mol. The molecule has 0 bridgehead atoms. The minimum absolute atomic E-state index is 0.242. The number of nitriles is 1. The summed E-state index contributed by atoms with van der Waals surface area (Å²) in [5.41, 5.74) is 0.396. The molecule has 1 aromatic rings. The van der Waals surface area contributed by atoms with Crippen LogP contribution in [0.1, 0.15) is 65.3 Å². The highest BCUT2D eigenvalue weighted by atomic mass is 16.5. The summed E-state index contributed by atoms with van der Waals surface area (Å²) in [6.45, 7) is 2.61. The van der Waals surface area contributed by atoms with Crippen molar-refractivity contribution >= 4 is 23.7 Å². The van der Waals surface area contributed by atoms with E-state index in [1.807, 2.05) is 0 Å². The zero-order valence-corrected chi connectivity index (χ0v) is 16.5. The van der Waals surface area contributed by atoms with Gasteiger partial charge < -0.3 is 10.1 Å². The van der Waals surface area contributed by atoms with E-state index in [9.17, 15) is 24.4 Å². The van der Waals surface area contributed by atoms with Crippen LogP contribution >= 0.6 is 0 Å². The normalized spacial score (nSPS) is 18.6. The van der Waals surface area contributed by atoms with Crippen molar-refractivity contribution in [1.82, 2.24) is 10.2 Å². The zero-order valence-electron chi connectivity index (χ0n) is 16.5. The molecule has 8 heteroatoms. The van der Waals surface area contributed by atoms with E-state index in [1.165, 1.54) is 6.92 Å². The van der Waals surface area contributed by atoms with Crippen LogP contribution in [0.4, 0.5) is 0 Å². The van der Waals surface area contributed by atoms with Gasteiger partial charge in [0.05, 0.1) is 17.2 Å². The molecule has 1 atom stereocenters. The second kappa shape index (κ2) is 8.03. The Balaban J connectivity index is 1.60. The number of hydrogen-bond acceptors (Lipinski definition) is 6. The molecule has 1 heterocycles. The van der Waals surface area contributed by atoms with Gasteiger partial charge in [0, 0.05) is 0 Å². The summed E-state index contributed by atoms with van der Waals surface area (Å²) in [7, 11) is 0. The van der Waals surface area contributed by atoms with E-state index in [-0.39, 0.29) is 11.1 Å². The van der Waals surface area contributed by atoms with Crippen LogP contribution in [0.3, 0.4) is 0 Å².